The van der Waals surface area contributed by atoms with Gasteiger partial charge in [0.05, 0.1) is 11.8 Å². The first-order valence-electron chi connectivity index (χ1n) is 5.17. The molecule has 0 aromatic carbocycles. The van der Waals surface area contributed by atoms with E-state index in [1.807, 2.05) is 0 Å². The number of pyridine rings is 2. The SMILES string of the molecule is Fc1cncc(Cc2cnc(F)cc2C(F)(F)F)c1. The fraction of sp³-hybridized carbons (Fsp3) is 0.167. The first-order chi connectivity index (χ1) is 8.86. The highest BCUT2D eigenvalue weighted by Crippen LogP contribution is 2.32. The molecule has 7 heteroatoms. The quantitative estimate of drug-likeness (QED) is 0.620. The first-order valence-corrected chi connectivity index (χ1v) is 5.17. The van der Waals surface area contributed by atoms with Gasteiger partial charge in [0.25, 0.3) is 0 Å². The van der Waals surface area contributed by atoms with E-state index in [4.69, 9.17) is 0 Å². The minimum Gasteiger partial charge on any atom is -0.261 e. The minimum atomic E-state index is -4.69. The second kappa shape index (κ2) is 4.91. The topological polar surface area (TPSA) is 25.8 Å². The van der Waals surface area contributed by atoms with E-state index in [1.54, 1.807) is 0 Å². The van der Waals surface area contributed by atoms with Gasteiger partial charge >= 0.3 is 6.18 Å². The fourth-order valence-corrected chi connectivity index (χ4v) is 1.64. The summed E-state index contributed by atoms with van der Waals surface area (Å²) < 4.78 is 63.9. The maximum Gasteiger partial charge on any atom is 0.416 e. The number of hydrogen-bond acceptors (Lipinski definition) is 2. The predicted octanol–water partition coefficient (Wildman–Crippen LogP) is 3.36. The highest BCUT2D eigenvalue weighted by atomic mass is 19.4. The van der Waals surface area contributed by atoms with Gasteiger partial charge in [0.1, 0.15) is 5.82 Å². The van der Waals surface area contributed by atoms with Gasteiger partial charge in [-0.15, -0.1) is 0 Å². The number of alkyl halides is 3. The monoisotopic (exact) mass is 274 g/mol. The van der Waals surface area contributed by atoms with E-state index in [1.165, 1.54) is 6.20 Å². The molecule has 0 N–H and O–H groups in total. The van der Waals surface area contributed by atoms with Gasteiger partial charge in [0.2, 0.25) is 5.95 Å². The average Bonchev–Trinajstić information content (AvgIpc) is 2.30. The number of rotatable bonds is 2. The Labute approximate surface area is 104 Å². The van der Waals surface area contributed by atoms with E-state index in [2.05, 4.69) is 9.97 Å². The summed E-state index contributed by atoms with van der Waals surface area (Å²) in [7, 11) is 0. The molecular formula is C12H7F5N2. The molecule has 0 spiro atoms. The zero-order valence-corrected chi connectivity index (χ0v) is 9.38. The first kappa shape index (κ1) is 13.4. The number of halogens is 5. The summed E-state index contributed by atoms with van der Waals surface area (Å²) in [5.41, 5.74) is -1.11. The van der Waals surface area contributed by atoms with Crippen LogP contribution in [0.15, 0.2) is 30.7 Å². The fourth-order valence-electron chi connectivity index (χ4n) is 1.64. The molecular weight excluding hydrogens is 267 g/mol. The van der Waals surface area contributed by atoms with E-state index in [9.17, 15) is 22.0 Å². The molecule has 100 valence electrons. The molecule has 0 aliphatic rings. The van der Waals surface area contributed by atoms with Crippen LogP contribution in [0.1, 0.15) is 16.7 Å². The average molecular weight is 274 g/mol. The third-order valence-corrected chi connectivity index (χ3v) is 2.41. The molecule has 0 aliphatic heterocycles. The minimum absolute atomic E-state index is 0.229. The van der Waals surface area contributed by atoms with Crippen LogP contribution in [-0.2, 0) is 12.6 Å². The van der Waals surface area contributed by atoms with Crippen molar-refractivity contribution in [1.82, 2.24) is 9.97 Å². The Balaban J connectivity index is 2.40. The smallest absolute Gasteiger partial charge is 0.261 e. The largest absolute Gasteiger partial charge is 0.416 e. The van der Waals surface area contributed by atoms with Crippen LogP contribution in [0, 0.1) is 11.8 Å². The summed E-state index contributed by atoms with van der Waals surface area (Å²) in [6.45, 7) is 0. The normalized spacial score (nSPS) is 11.6. The zero-order chi connectivity index (χ0) is 14.0. The lowest BCUT2D eigenvalue weighted by atomic mass is 10.0. The van der Waals surface area contributed by atoms with Crippen LogP contribution >= 0.6 is 0 Å². The van der Waals surface area contributed by atoms with E-state index in [0.717, 1.165) is 18.5 Å². The molecule has 0 saturated heterocycles. The Morgan fingerprint density at radius 1 is 1.00 bits per heavy atom. The second-order valence-electron chi connectivity index (χ2n) is 3.85. The Bertz CT molecular complexity index is 595. The molecule has 0 aliphatic carbocycles. The lowest BCUT2D eigenvalue weighted by Gasteiger charge is -2.12. The van der Waals surface area contributed by atoms with Crippen LogP contribution in [0.3, 0.4) is 0 Å². The van der Waals surface area contributed by atoms with Crippen LogP contribution in [-0.4, -0.2) is 9.97 Å². The molecule has 0 amide bonds. The van der Waals surface area contributed by atoms with Gasteiger partial charge in [-0.1, -0.05) is 0 Å². The predicted molar refractivity (Wildman–Crippen MR) is 56.2 cm³/mol. The van der Waals surface area contributed by atoms with Gasteiger partial charge in [-0.25, -0.2) is 9.37 Å². The Hall–Kier alpha value is -2.05. The third-order valence-electron chi connectivity index (χ3n) is 2.41. The molecule has 2 aromatic heterocycles. The number of aromatic nitrogens is 2. The molecule has 2 heterocycles. The van der Waals surface area contributed by atoms with Crippen LogP contribution in [0.5, 0.6) is 0 Å². The maximum absolute atomic E-state index is 12.9. The molecule has 0 saturated carbocycles. The lowest BCUT2D eigenvalue weighted by molar-refractivity contribution is -0.138. The standard InChI is InChI=1S/C12H7F5N2/c13-9-2-7(4-18-6-9)1-8-5-19-11(14)3-10(8)12(15,16)17/h2-6H,1H2. The van der Waals surface area contributed by atoms with Gasteiger partial charge < -0.3 is 0 Å². The van der Waals surface area contributed by atoms with Crippen LogP contribution < -0.4 is 0 Å². The van der Waals surface area contributed by atoms with E-state index < -0.39 is 23.5 Å². The summed E-state index contributed by atoms with van der Waals surface area (Å²) in [5, 5.41) is 0. The van der Waals surface area contributed by atoms with E-state index >= 15 is 0 Å². The van der Waals surface area contributed by atoms with Gasteiger partial charge in [-0.3, -0.25) is 4.98 Å². The Morgan fingerprint density at radius 2 is 1.74 bits per heavy atom. The zero-order valence-electron chi connectivity index (χ0n) is 9.38. The van der Waals surface area contributed by atoms with Crippen LogP contribution in [0.4, 0.5) is 22.0 Å². The number of hydrogen-bond donors (Lipinski definition) is 0. The van der Waals surface area contributed by atoms with Crippen molar-refractivity contribution < 1.29 is 22.0 Å². The van der Waals surface area contributed by atoms with Gasteiger partial charge in [0, 0.05) is 24.9 Å². The number of nitrogens with zero attached hydrogens (tertiary/aromatic N) is 2. The molecule has 0 unspecified atom stereocenters. The molecule has 2 nitrogen and oxygen atoms in total. The van der Waals surface area contributed by atoms with Crippen LogP contribution in [0.2, 0.25) is 0 Å². The molecule has 0 atom stereocenters. The van der Waals surface area contributed by atoms with Gasteiger partial charge in [-0.05, 0) is 17.2 Å². The molecule has 2 rings (SSSR count). The highest BCUT2D eigenvalue weighted by Gasteiger charge is 2.34. The molecule has 2 aromatic rings. The summed E-state index contributed by atoms with van der Waals surface area (Å²) in [4.78, 5) is 6.73. The lowest BCUT2D eigenvalue weighted by Crippen LogP contribution is -2.11. The van der Waals surface area contributed by atoms with Gasteiger partial charge in [-0.2, -0.15) is 17.6 Å². The van der Waals surface area contributed by atoms with Crippen molar-refractivity contribution in [2.75, 3.05) is 0 Å². The molecule has 0 bridgehead atoms. The highest BCUT2D eigenvalue weighted by molar-refractivity contribution is 5.31. The summed E-state index contributed by atoms with van der Waals surface area (Å²) in [5.74, 6) is -1.87. The van der Waals surface area contributed by atoms with Crippen molar-refractivity contribution >= 4 is 0 Å². The maximum atomic E-state index is 12.9. The van der Waals surface area contributed by atoms with Crippen molar-refractivity contribution in [3.63, 3.8) is 0 Å². The molecule has 0 fully saturated rings. The van der Waals surface area contributed by atoms with E-state index in [-0.39, 0.29) is 17.5 Å². The van der Waals surface area contributed by atoms with Crippen molar-refractivity contribution in [3.8, 4) is 0 Å². The van der Waals surface area contributed by atoms with Crippen molar-refractivity contribution in [2.45, 2.75) is 12.6 Å². The summed E-state index contributed by atoms with van der Waals surface area (Å²) >= 11 is 0. The second-order valence-corrected chi connectivity index (χ2v) is 3.85. The Morgan fingerprint density at radius 3 is 2.37 bits per heavy atom. The summed E-state index contributed by atoms with van der Waals surface area (Å²) in [6.07, 6.45) is -1.94. The Kier molecular flexibility index (Phi) is 3.46. The summed E-state index contributed by atoms with van der Waals surface area (Å²) in [6, 6.07) is 1.39. The van der Waals surface area contributed by atoms with Crippen molar-refractivity contribution in [2.24, 2.45) is 0 Å². The third kappa shape index (κ3) is 3.24. The van der Waals surface area contributed by atoms with Crippen molar-refractivity contribution in [1.29, 1.82) is 0 Å². The van der Waals surface area contributed by atoms with E-state index in [0.29, 0.717) is 6.07 Å². The molecule has 0 radical (unpaired) electrons. The van der Waals surface area contributed by atoms with Crippen molar-refractivity contribution in [3.05, 3.63) is 59.2 Å². The van der Waals surface area contributed by atoms with Crippen LogP contribution in [0.25, 0.3) is 0 Å². The van der Waals surface area contributed by atoms with Gasteiger partial charge in [0.15, 0.2) is 0 Å². The molecule has 19 heavy (non-hydrogen) atoms.